The Balaban J connectivity index is 0.000000161. The quantitative estimate of drug-likeness (QED) is 0.305. The lowest BCUT2D eigenvalue weighted by molar-refractivity contribution is -0.225. The third-order valence-corrected chi connectivity index (χ3v) is 18.4. The van der Waals surface area contributed by atoms with Crippen LogP contribution in [0.25, 0.3) is 0 Å². The standard InChI is InChI=1S/C26H34O7.C24H32O6/c1-14(27)31-13-20(30)26-21(32-23(2,3)33-26)11-18-17-7-6-15-10-16(28)8-9-24(15,4)22(17)19(29)12-25(18,26)5;1-21(2)29-19-10-16-15-6-5-13-9-14(26)7-8-22(13,3)20(15)17(27)11-23(16,4)24(19,30-21)18(28)12-25/h8-10,17-19,21-22,29H,6-7,11-13H2,1-5H3;7-9,15-17,19-20,25,27H,5-6,10-12H2,1-4H3/t17-,18-,19-,21+,22+,24-,25-,26+;15-,16-,17-,19+,20+,22-,23-,24+/m00/s1. The van der Waals surface area contributed by atoms with E-state index in [0.29, 0.717) is 25.7 Å². The number of fused-ring (bicyclic) bond motifs is 14. The molecule has 10 rings (SSSR count). The summed E-state index contributed by atoms with van der Waals surface area (Å²) in [7, 11) is 0. The van der Waals surface area contributed by atoms with E-state index in [0.717, 1.165) is 36.8 Å². The van der Waals surface area contributed by atoms with Crippen LogP contribution in [0.2, 0.25) is 0 Å². The van der Waals surface area contributed by atoms with Gasteiger partial charge in [-0.2, -0.15) is 0 Å². The molecule has 6 saturated carbocycles. The molecule has 0 aromatic carbocycles. The molecule has 2 aliphatic heterocycles. The Hall–Kier alpha value is -3.17. The van der Waals surface area contributed by atoms with Crippen LogP contribution in [0, 0.1) is 57.2 Å². The highest BCUT2D eigenvalue weighted by molar-refractivity contribution is 6.02. The SMILES string of the molecule is CC(=O)OCC(=O)[C@@]12OC(C)(C)O[C@@H]1C[C@H]1[C@@H]3CCC4=CC(=O)C=C[C@]4(C)[C@H]3[C@@H](O)C[C@@]12C.CC1(C)O[C@@H]2C[C@H]3[C@@H]4CCC5=CC(=O)C=C[C@]5(C)[C@H]4[C@@H](O)C[C@]3(C)[C@]2(C(=O)CO)O1. The van der Waals surface area contributed by atoms with Crippen LogP contribution < -0.4 is 0 Å². The molecule has 0 radical (unpaired) electrons. The maximum atomic E-state index is 13.7. The van der Waals surface area contributed by atoms with Crippen LogP contribution in [0.3, 0.4) is 0 Å². The van der Waals surface area contributed by atoms with Crippen molar-refractivity contribution in [2.24, 2.45) is 57.2 Å². The van der Waals surface area contributed by atoms with Gasteiger partial charge in [0.2, 0.25) is 5.78 Å². The number of allylic oxidation sites excluding steroid dienone is 8. The minimum atomic E-state index is -1.28. The van der Waals surface area contributed by atoms with Crippen molar-refractivity contribution in [2.75, 3.05) is 13.2 Å². The van der Waals surface area contributed by atoms with Gasteiger partial charge in [-0.3, -0.25) is 24.0 Å². The fraction of sp³-hybridized carbons (Fsp3) is 0.740. The Morgan fingerprint density at radius 2 is 1.10 bits per heavy atom. The predicted octanol–water partition coefficient (Wildman–Crippen LogP) is 5.22. The number of rotatable bonds is 5. The van der Waals surface area contributed by atoms with Gasteiger partial charge in [0.25, 0.3) is 0 Å². The summed E-state index contributed by atoms with van der Waals surface area (Å²) in [4.78, 5) is 62.3. The molecule has 3 N–H and O–H groups in total. The van der Waals surface area contributed by atoms with E-state index in [1.54, 1.807) is 52.0 Å². The lowest BCUT2D eigenvalue weighted by atomic mass is 9.46. The van der Waals surface area contributed by atoms with Gasteiger partial charge in [0.1, 0.15) is 6.61 Å². The topological polar surface area (TPSA) is 192 Å². The molecule has 13 heteroatoms. The molecule has 344 valence electrons. The van der Waals surface area contributed by atoms with Gasteiger partial charge in [-0.1, -0.05) is 51.0 Å². The van der Waals surface area contributed by atoms with Gasteiger partial charge in [-0.15, -0.1) is 0 Å². The van der Waals surface area contributed by atoms with Gasteiger partial charge in [-0.25, -0.2) is 0 Å². The molecule has 2 saturated heterocycles. The largest absolute Gasteiger partial charge is 0.458 e. The van der Waals surface area contributed by atoms with Gasteiger partial charge < -0.3 is 39.0 Å². The maximum Gasteiger partial charge on any atom is 0.303 e. The van der Waals surface area contributed by atoms with Crippen LogP contribution in [0.5, 0.6) is 0 Å². The summed E-state index contributed by atoms with van der Waals surface area (Å²) in [5, 5.41) is 32.9. The fourth-order valence-electron chi connectivity index (χ4n) is 16.2. The van der Waals surface area contributed by atoms with Crippen LogP contribution in [0.1, 0.15) is 114 Å². The second-order valence-electron chi connectivity index (χ2n) is 22.4. The molecule has 0 aromatic heterocycles. The number of carbonyl (C=O) groups excluding carboxylic acids is 5. The summed E-state index contributed by atoms with van der Waals surface area (Å²) in [6, 6.07) is 0. The van der Waals surface area contributed by atoms with Crippen molar-refractivity contribution in [1.82, 2.24) is 0 Å². The van der Waals surface area contributed by atoms with E-state index in [-0.39, 0.29) is 76.1 Å². The third-order valence-electron chi connectivity index (χ3n) is 18.4. The molecular weight excluding hydrogens is 809 g/mol. The Kier molecular flexibility index (Phi) is 10.3. The van der Waals surface area contributed by atoms with E-state index in [9.17, 15) is 39.3 Å². The first-order chi connectivity index (χ1) is 29.3. The van der Waals surface area contributed by atoms with Crippen molar-refractivity contribution in [1.29, 1.82) is 0 Å². The third kappa shape index (κ3) is 6.15. The Morgan fingerprint density at radius 1 is 0.683 bits per heavy atom. The van der Waals surface area contributed by atoms with E-state index in [1.807, 2.05) is 26.0 Å². The summed E-state index contributed by atoms with van der Waals surface area (Å²) < 4.78 is 30.4. The van der Waals surface area contributed by atoms with E-state index in [4.69, 9.17) is 23.7 Å². The molecule has 0 spiro atoms. The summed E-state index contributed by atoms with van der Waals surface area (Å²) in [5.41, 5.74) is -2.37. The zero-order valence-electron chi connectivity index (χ0n) is 38.2. The molecule has 0 aromatic rings. The first-order valence-electron chi connectivity index (χ1n) is 23.1. The van der Waals surface area contributed by atoms with Crippen LogP contribution >= 0.6 is 0 Å². The van der Waals surface area contributed by atoms with Crippen LogP contribution in [0.4, 0.5) is 0 Å². The number of Topliss-reactive ketones (excluding diaryl/α,β-unsaturated/α-hetero) is 2. The molecule has 0 bridgehead atoms. The molecule has 0 amide bonds. The van der Waals surface area contributed by atoms with Crippen molar-refractivity contribution in [3.63, 3.8) is 0 Å². The number of carbonyl (C=O) groups is 5. The number of aliphatic hydroxyl groups is 3. The van der Waals surface area contributed by atoms with Crippen LogP contribution in [0.15, 0.2) is 47.6 Å². The molecule has 0 unspecified atom stereocenters. The number of hydrogen-bond donors (Lipinski definition) is 3. The molecule has 8 aliphatic carbocycles. The zero-order chi connectivity index (χ0) is 45.7. The number of ether oxygens (including phenoxy) is 5. The molecule has 10 aliphatic rings. The van der Waals surface area contributed by atoms with E-state index >= 15 is 0 Å². The van der Waals surface area contributed by atoms with Gasteiger partial charge in [-0.05, 0) is 127 Å². The first kappa shape index (κ1) is 45.0. The highest BCUT2D eigenvalue weighted by atomic mass is 16.8. The van der Waals surface area contributed by atoms with Gasteiger partial charge >= 0.3 is 5.97 Å². The molecular formula is C50H66O13. The lowest BCUT2D eigenvalue weighted by Gasteiger charge is -2.59. The number of ketones is 4. The second kappa shape index (κ2) is 14.4. The van der Waals surface area contributed by atoms with E-state index in [2.05, 4.69) is 13.8 Å². The lowest BCUT2D eigenvalue weighted by Crippen LogP contribution is -2.64. The maximum absolute atomic E-state index is 13.7. The second-order valence-corrected chi connectivity index (χ2v) is 22.4. The zero-order valence-corrected chi connectivity index (χ0v) is 38.2. The average Bonchev–Trinajstić information content (AvgIpc) is 3.81. The first-order valence-corrected chi connectivity index (χ1v) is 23.1. The van der Waals surface area contributed by atoms with Gasteiger partial charge in [0.15, 0.2) is 46.7 Å². The van der Waals surface area contributed by atoms with Crippen molar-refractivity contribution >= 4 is 29.1 Å². The van der Waals surface area contributed by atoms with Crippen molar-refractivity contribution in [3.05, 3.63) is 47.6 Å². The number of aliphatic hydroxyl groups excluding tert-OH is 3. The summed E-state index contributed by atoms with van der Waals surface area (Å²) in [6.07, 6.45) is 13.9. The molecule has 8 fully saturated rings. The van der Waals surface area contributed by atoms with Crippen molar-refractivity contribution in [2.45, 2.75) is 161 Å². The minimum absolute atomic E-state index is 0.00510. The average molecular weight is 875 g/mol. The minimum Gasteiger partial charge on any atom is -0.458 e. The molecule has 13 nitrogen and oxygen atoms in total. The smallest absolute Gasteiger partial charge is 0.303 e. The van der Waals surface area contributed by atoms with E-state index in [1.165, 1.54) is 6.92 Å². The Bertz CT molecular complexity index is 2150. The predicted molar refractivity (Wildman–Crippen MR) is 226 cm³/mol. The van der Waals surface area contributed by atoms with Crippen LogP contribution in [-0.2, 0) is 47.7 Å². The monoisotopic (exact) mass is 874 g/mol. The van der Waals surface area contributed by atoms with Crippen LogP contribution in [-0.4, -0.2) is 105 Å². The summed E-state index contributed by atoms with van der Waals surface area (Å²) in [6.45, 7) is 15.9. The molecule has 16 atom stereocenters. The normalized spacial score (nSPS) is 49.0. The van der Waals surface area contributed by atoms with E-state index < -0.39 is 70.6 Å². The fourth-order valence-corrected chi connectivity index (χ4v) is 16.2. The highest BCUT2D eigenvalue weighted by Crippen LogP contribution is 2.72. The molecule has 63 heavy (non-hydrogen) atoms. The van der Waals surface area contributed by atoms with Crippen molar-refractivity contribution < 1.29 is 63.0 Å². The highest BCUT2D eigenvalue weighted by Gasteiger charge is 2.78. The van der Waals surface area contributed by atoms with Gasteiger partial charge in [0, 0.05) is 40.4 Å². The molecule has 2 heterocycles. The number of hydrogen-bond acceptors (Lipinski definition) is 13. The van der Waals surface area contributed by atoms with Gasteiger partial charge in [0.05, 0.1) is 24.4 Å². The Labute approximate surface area is 370 Å². The summed E-state index contributed by atoms with van der Waals surface area (Å²) in [5.74, 6) is -2.51. The van der Waals surface area contributed by atoms with Crippen molar-refractivity contribution in [3.8, 4) is 0 Å². The number of esters is 1. The summed E-state index contributed by atoms with van der Waals surface area (Å²) >= 11 is 0. The Morgan fingerprint density at radius 3 is 1.49 bits per heavy atom.